The number of hydrogen-bond acceptors (Lipinski definition) is 6. The van der Waals surface area contributed by atoms with Gasteiger partial charge < -0.3 is 19.6 Å². The predicted octanol–water partition coefficient (Wildman–Crippen LogP) is 0.206. The van der Waals surface area contributed by atoms with Gasteiger partial charge in [-0.05, 0) is 30.4 Å². The van der Waals surface area contributed by atoms with Gasteiger partial charge in [-0.2, -0.15) is 0 Å². The lowest BCUT2D eigenvalue weighted by Crippen LogP contribution is -2.43. The largest absolute Gasteiger partial charge is 0.467 e. The number of hydrogen-bond donors (Lipinski definition) is 2. The fourth-order valence-electron chi connectivity index (χ4n) is 3.87. The number of carbonyl (C=O) groups excluding carboxylic acids is 2. The zero-order valence-electron chi connectivity index (χ0n) is 18.5. The van der Waals surface area contributed by atoms with E-state index in [0.29, 0.717) is 12.8 Å². The second-order valence-electron chi connectivity index (χ2n) is 7.81. The smallest absolute Gasteiger partial charge is 0.332 e. The molecular formula is C22H24N6O5. The van der Waals surface area contributed by atoms with Crippen LogP contribution in [0.15, 0.2) is 46.2 Å². The van der Waals surface area contributed by atoms with Gasteiger partial charge >= 0.3 is 11.7 Å². The van der Waals surface area contributed by atoms with E-state index < -0.39 is 29.2 Å². The minimum Gasteiger partial charge on any atom is -0.467 e. The molecule has 0 aliphatic carbocycles. The predicted molar refractivity (Wildman–Crippen MR) is 121 cm³/mol. The van der Waals surface area contributed by atoms with Crippen molar-refractivity contribution in [1.29, 1.82) is 0 Å². The normalized spacial score (nSPS) is 12.2. The topological polar surface area (TPSA) is 133 Å². The molecule has 33 heavy (non-hydrogen) atoms. The highest BCUT2D eigenvalue weighted by molar-refractivity contribution is 5.85. The summed E-state index contributed by atoms with van der Waals surface area (Å²) in [5, 5.41) is 3.75. The molecule has 1 aromatic carbocycles. The summed E-state index contributed by atoms with van der Waals surface area (Å²) in [6, 6.07) is 8.98. The first-order chi connectivity index (χ1) is 15.8. The monoisotopic (exact) mass is 452 g/mol. The molecule has 0 saturated carbocycles. The van der Waals surface area contributed by atoms with Crippen molar-refractivity contribution in [2.24, 2.45) is 14.1 Å². The van der Waals surface area contributed by atoms with Gasteiger partial charge in [0.1, 0.15) is 12.6 Å². The summed E-state index contributed by atoms with van der Waals surface area (Å²) >= 11 is 0. The summed E-state index contributed by atoms with van der Waals surface area (Å²) in [5.74, 6) is -1.05. The molecule has 0 saturated heterocycles. The molecule has 4 rings (SSSR count). The van der Waals surface area contributed by atoms with Gasteiger partial charge in [0.25, 0.3) is 5.56 Å². The Bertz CT molecular complexity index is 1440. The Kier molecular flexibility index (Phi) is 5.86. The number of carbonyl (C=O) groups is 2. The molecule has 0 radical (unpaired) electrons. The number of methoxy groups -OCH3 is 1. The highest BCUT2D eigenvalue weighted by Gasteiger charge is 2.23. The summed E-state index contributed by atoms with van der Waals surface area (Å²) in [4.78, 5) is 57.0. The Hall–Kier alpha value is -4.15. The quantitative estimate of drug-likeness (QED) is 0.385. The average molecular weight is 452 g/mol. The van der Waals surface area contributed by atoms with Gasteiger partial charge in [0.15, 0.2) is 11.2 Å². The van der Waals surface area contributed by atoms with Crippen LogP contribution >= 0.6 is 0 Å². The van der Waals surface area contributed by atoms with E-state index in [1.54, 1.807) is 0 Å². The first-order valence-electron chi connectivity index (χ1n) is 10.3. The third-order valence-corrected chi connectivity index (χ3v) is 5.64. The van der Waals surface area contributed by atoms with Crippen LogP contribution in [0.3, 0.4) is 0 Å². The lowest BCUT2D eigenvalue weighted by Gasteiger charge is -2.16. The van der Waals surface area contributed by atoms with Crippen LogP contribution in [-0.4, -0.2) is 48.7 Å². The van der Waals surface area contributed by atoms with Crippen molar-refractivity contribution in [3.63, 3.8) is 0 Å². The van der Waals surface area contributed by atoms with Crippen LogP contribution in [0.5, 0.6) is 0 Å². The number of fused-ring (bicyclic) bond motifs is 2. The Balaban J connectivity index is 1.50. The fourth-order valence-corrected chi connectivity index (χ4v) is 3.87. The first-order valence-corrected chi connectivity index (χ1v) is 10.3. The molecule has 0 fully saturated rings. The molecule has 4 aromatic rings. The summed E-state index contributed by atoms with van der Waals surface area (Å²) in [7, 11) is 4.12. The van der Waals surface area contributed by atoms with Crippen LogP contribution < -0.4 is 16.6 Å². The molecule has 172 valence electrons. The van der Waals surface area contributed by atoms with Crippen molar-refractivity contribution in [2.75, 3.05) is 7.11 Å². The van der Waals surface area contributed by atoms with Crippen LogP contribution in [0.1, 0.15) is 12.1 Å². The molecule has 0 aliphatic heterocycles. The average Bonchev–Trinajstić information content (AvgIpc) is 3.42. The third kappa shape index (κ3) is 4.16. The number of nitrogens with one attached hydrogen (secondary N) is 2. The second-order valence-corrected chi connectivity index (χ2v) is 7.81. The maximum Gasteiger partial charge on any atom is 0.332 e. The van der Waals surface area contributed by atoms with Crippen molar-refractivity contribution in [1.82, 2.24) is 29.0 Å². The molecule has 2 N–H and O–H groups in total. The van der Waals surface area contributed by atoms with Gasteiger partial charge in [0.2, 0.25) is 5.91 Å². The number of nitrogens with zero attached hydrogens (tertiary/aromatic N) is 4. The van der Waals surface area contributed by atoms with E-state index in [-0.39, 0.29) is 17.7 Å². The lowest BCUT2D eigenvalue weighted by molar-refractivity contribution is -0.145. The van der Waals surface area contributed by atoms with Crippen molar-refractivity contribution in [3.8, 4) is 0 Å². The van der Waals surface area contributed by atoms with Crippen LogP contribution in [0.2, 0.25) is 0 Å². The Morgan fingerprint density at radius 1 is 1.18 bits per heavy atom. The molecule has 0 unspecified atom stereocenters. The Labute approximate surface area is 187 Å². The van der Waals surface area contributed by atoms with Gasteiger partial charge in [-0.1, -0.05) is 18.2 Å². The molecule has 11 heteroatoms. The number of benzene rings is 1. The number of para-hydroxylation sites is 1. The molecule has 0 bridgehead atoms. The van der Waals surface area contributed by atoms with Gasteiger partial charge in [-0.25, -0.2) is 14.6 Å². The number of rotatable bonds is 7. The second kappa shape index (κ2) is 8.77. The zero-order chi connectivity index (χ0) is 23.7. The zero-order valence-corrected chi connectivity index (χ0v) is 18.5. The summed E-state index contributed by atoms with van der Waals surface area (Å²) < 4.78 is 8.41. The maximum atomic E-state index is 12.7. The minimum atomic E-state index is -0.865. The number of ether oxygens (including phenoxy) is 1. The lowest BCUT2D eigenvalue weighted by atomic mass is 10.1. The number of amides is 1. The van der Waals surface area contributed by atoms with E-state index in [9.17, 15) is 19.2 Å². The maximum absolute atomic E-state index is 12.7. The van der Waals surface area contributed by atoms with Crippen molar-refractivity contribution < 1.29 is 14.3 Å². The molecule has 0 aliphatic rings. The standard InChI is InChI=1S/C22H24N6O5/c1-26-19-18(20(30)27(2)22(26)32)28(12-23-19)11-17(29)25-16(21(31)33-3)9-8-14-10-13-6-4-5-7-15(13)24-14/h4-7,10,12,16,24H,8-9,11H2,1-3H3,(H,25,29)/t16-/m0/s1. The fraction of sp³-hybridized carbons (Fsp3) is 0.318. The minimum absolute atomic E-state index is 0.127. The van der Waals surface area contributed by atoms with E-state index in [1.807, 2.05) is 30.3 Å². The van der Waals surface area contributed by atoms with E-state index in [1.165, 1.54) is 36.7 Å². The van der Waals surface area contributed by atoms with Gasteiger partial charge in [0, 0.05) is 25.3 Å². The van der Waals surface area contributed by atoms with E-state index in [0.717, 1.165) is 21.2 Å². The number of aryl methyl sites for hydroxylation is 2. The van der Waals surface area contributed by atoms with Crippen LogP contribution in [0, 0.1) is 0 Å². The molecular weight excluding hydrogens is 428 g/mol. The summed E-state index contributed by atoms with van der Waals surface area (Å²) in [5.41, 5.74) is 1.17. The Morgan fingerprint density at radius 2 is 1.94 bits per heavy atom. The van der Waals surface area contributed by atoms with E-state index in [2.05, 4.69) is 15.3 Å². The van der Waals surface area contributed by atoms with Gasteiger partial charge in [-0.3, -0.25) is 18.7 Å². The van der Waals surface area contributed by atoms with Gasteiger partial charge in [-0.15, -0.1) is 0 Å². The summed E-state index contributed by atoms with van der Waals surface area (Å²) in [6.45, 7) is -0.246. The van der Waals surface area contributed by atoms with Gasteiger partial charge in [0.05, 0.1) is 13.4 Å². The van der Waals surface area contributed by atoms with E-state index >= 15 is 0 Å². The molecule has 11 nitrogen and oxygen atoms in total. The van der Waals surface area contributed by atoms with Crippen LogP contribution in [0.25, 0.3) is 22.1 Å². The first kappa shape index (κ1) is 22.1. The van der Waals surface area contributed by atoms with Crippen LogP contribution in [0.4, 0.5) is 0 Å². The molecule has 3 heterocycles. The van der Waals surface area contributed by atoms with Crippen molar-refractivity contribution in [3.05, 3.63) is 63.2 Å². The molecule has 0 spiro atoms. The third-order valence-electron chi connectivity index (χ3n) is 5.64. The SMILES string of the molecule is COC(=O)[C@H](CCc1cc2ccccc2[nH]1)NC(=O)Cn1cnc2c1c(=O)n(C)c(=O)n2C. The molecule has 1 atom stereocenters. The summed E-state index contributed by atoms with van der Waals surface area (Å²) in [6.07, 6.45) is 2.17. The highest BCUT2D eigenvalue weighted by Crippen LogP contribution is 2.16. The number of H-pyrrole nitrogens is 1. The van der Waals surface area contributed by atoms with Crippen molar-refractivity contribution in [2.45, 2.75) is 25.4 Å². The molecule has 1 amide bonds. The van der Waals surface area contributed by atoms with E-state index in [4.69, 9.17) is 4.74 Å². The Morgan fingerprint density at radius 3 is 2.67 bits per heavy atom. The molecule has 3 aromatic heterocycles. The van der Waals surface area contributed by atoms with Crippen LogP contribution in [-0.2, 0) is 41.4 Å². The number of imidazole rings is 1. The number of aromatic nitrogens is 5. The van der Waals surface area contributed by atoms with Crippen molar-refractivity contribution >= 4 is 33.9 Å². The number of esters is 1. The highest BCUT2D eigenvalue weighted by atomic mass is 16.5. The number of aromatic amines is 1.